The van der Waals surface area contributed by atoms with Crippen LogP contribution in [-0.4, -0.2) is 48.2 Å². The Labute approximate surface area is 130 Å². The zero-order chi connectivity index (χ0) is 16.0. The van der Waals surface area contributed by atoms with E-state index >= 15 is 0 Å². The number of rotatable bonds is 10. The molecule has 1 aliphatic carbocycles. The third-order valence-corrected chi connectivity index (χ3v) is 4.16. The van der Waals surface area contributed by atoms with Crippen molar-refractivity contribution >= 4 is 5.97 Å². The van der Waals surface area contributed by atoms with Crippen LogP contribution in [0.25, 0.3) is 0 Å². The van der Waals surface area contributed by atoms with E-state index in [0.29, 0.717) is 24.6 Å². The first-order chi connectivity index (χ1) is 9.82. The molecule has 0 saturated heterocycles. The molecule has 21 heavy (non-hydrogen) atoms. The Balaban J connectivity index is 2.71. The summed E-state index contributed by atoms with van der Waals surface area (Å²) in [5.74, 6) is 0.530. The van der Waals surface area contributed by atoms with E-state index in [1.165, 1.54) is 12.8 Å². The molecule has 0 spiro atoms. The topological polar surface area (TPSA) is 41.6 Å². The fourth-order valence-corrected chi connectivity index (χ4v) is 2.98. The number of hydrogen-bond acceptors (Lipinski definition) is 4. The molecule has 1 aliphatic rings. The molecule has 0 heterocycles. The molecule has 2 unspecified atom stereocenters. The second-order valence-electron chi connectivity index (χ2n) is 7.01. The molecule has 0 aromatic carbocycles. The van der Waals surface area contributed by atoms with E-state index in [1.54, 1.807) is 0 Å². The SMILES string of the molecule is CCOC(=O)C(C)(CC(C)N(CC)CC(C)C)NC1CC1. The molecule has 0 bridgehead atoms. The van der Waals surface area contributed by atoms with Crippen molar-refractivity contribution in [1.29, 1.82) is 0 Å². The summed E-state index contributed by atoms with van der Waals surface area (Å²) in [5, 5.41) is 3.51. The average Bonchev–Trinajstić information content (AvgIpc) is 3.19. The molecule has 124 valence electrons. The van der Waals surface area contributed by atoms with Gasteiger partial charge in [-0.25, -0.2) is 0 Å². The first kappa shape index (κ1) is 18.4. The molecule has 1 N–H and O–H groups in total. The quantitative estimate of drug-likeness (QED) is 0.630. The summed E-state index contributed by atoms with van der Waals surface area (Å²) in [7, 11) is 0. The molecule has 4 nitrogen and oxygen atoms in total. The second kappa shape index (κ2) is 8.14. The first-order valence-electron chi connectivity index (χ1n) is 8.51. The minimum absolute atomic E-state index is 0.107. The highest BCUT2D eigenvalue weighted by molar-refractivity contribution is 5.80. The van der Waals surface area contributed by atoms with Gasteiger partial charge in [-0.05, 0) is 52.5 Å². The van der Waals surface area contributed by atoms with Crippen LogP contribution in [0.5, 0.6) is 0 Å². The summed E-state index contributed by atoms with van der Waals surface area (Å²) in [6.45, 7) is 15.3. The fraction of sp³-hybridized carbons (Fsp3) is 0.941. The smallest absolute Gasteiger partial charge is 0.326 e. The van der Waals surface area contributed by atoms with Crippen molar-refractivity contribution in [3.8, 4) is 0 Å². The van der Waals surface area contributed by atoms with Gasteiger partial charge < -0.3 is 9.64 Å². The number of carbonyl (C=O) groups excluding carboxylic acids is 1. The van der Waals surface area contributed by atoms with Crippen molar-refractivity contribution in [1.82, 2.24) is 10.2 Å². The highest BCUT2D eigenvalue weighted by atomic mass is 16.5. The van der Waals surface area contributed by atoms with Crippen molar-refractivity contribution in [3.63, 3.8) is 0 Å². The maximum absolute atomic E-state index is 12.4. The van der Waals surface area contributed by atoms with Gasteiger partial charge in [-0.1, -0.05) is 20.8 Å². The molecule has 0 amide bonds. The Hall–Kier alpha value is -0.610. The first-order valence-corrected chi connectivity index (χ1v) is 8.51. The lowest BCUT2D eigenvalue weighted by Crippen LogP contribution is -2.55. The van der Waals surface area contributed by atoms with Gasteiger partial charge in [0, 0.05) is 18.6 Å². The summed E-state index contributed by atoms with van der Waals surface area (Å²) >= 11 is 0. The summed E-state index contributed by atoms with van der Waals surface area (Å²) in [4.78, 5) is 14.8. The predicted octanol–water partition coefficient (Wildman–Crippen LogP) is 2.82. The summed E-state index contributed by atoms with van der Waals surface area (Å²) in [6, 6.07) is 0.852. The number of nitrogens with one attached hydrogen (secondary N) is 1. The van der Waals surface area contributed by atoms with E-state index in [9.17, 15) is 4.79 Å². The minimum atomic E-state index is -0.568. The van der Waals surface area contributed by atoms with Gasteiger partial charge in [-0.15, -0.1) is 0 Å². The van der Waals surface area contributed by atoms with Gasteiger partial charge >= 0.3 is 5.97 Å². The zero-order valence-corrected chi connectivity index (χ0v) is 14.7. The Morgan fingerprint density at radius 2 is 1.95 bits per heavy atom. The number of hydrogen-bond donors (Lipinski definition) is 1. The van der Waals surface area contributed by atoms with E-state index < -0.39 is 5.54 Å². The lowest BCUT2D eigenvalue weighted by atomic mass is 9.92. The number of nitrogens with zero attached hydrogens (tertiary/aromatic N) is 1. The molecule has 2 atom stereocenters. The normalized spacial score (nSPS) is 19.6. The molecular weight excluding hydrogens is 264 g/mol. The Morgan fingerprint density at radius 1 is 1.33 bits per heavy atom. The Morgan fingerprint density at radius 3 is 2.38 bits per heavy atom. The highest BCUT2D eigenvalue weighted by Gasteiger charge is 2.41. The highest BCUT2D eigenvalue weighted by Crippen LogP contribution is 2.27. The lowest BCUT2D eigenvalue weighted by molar-refractivity contribution is -0.151. The summed E-state index contributed by atoms with van der Waals surface area (Å²) < 4.78 is 5.31. The Bertz CT molecular complexity index is 329. The molecule has 1 fully saturated rings. The molecule has 0 aliphatic heterocycles. The van der Waals surface area contributed by atoms with Gasteiger partial charge in [-0.2, -0.15) is 0 Å². The van der Waals surface area contributed by atoms with E-state index in [2.05, 4.69) is 37.9 Å². The van der Waals surface area contributed by atoms with Crippen LogP contribution in [-0.2, 0) is 9.53 Å². The van der Waals surface area contributed by atoms with Crippen LogP contribution < -0.4 is 5.32 Å². The van der Waals surface area contributed by atoms with Crippen molar-refractivity contribution in [2.45, 2.75) is 78.4 Å². The molecule has 0 radical (unpaired) electrons. The van der Waals surface area contributed by atoms with Crippen LogP contribution in [0.1, 0.15) is 60.8 Å². The van der Waals surface area contributed by atoms with Crippen molar-refractivity contribution in [2.75, 3.05) is 19.7 Å². The monoisotopic (exact) mass is 298 g/mol. The van der Waals surface area contributed by atoms with Gasteiger partial charge in [-0.3, -0.25) is 10.1 Å². The van der Waals surface area contributed by atoms with Crippen LogP contribution in [0.2, 0.25) is 0 Å². The average molecular weight is 298 g/mol. The summed E-state index contributed by atoms with van der Waals surface area (Å²) in [6.07, 6.45) is 3.14. The largest absolute Gasteiger partial charge is 0.465 e. The maximum atomic E-state index is 12.4. The van der Waals surface area contributed by atoms with Crippen molar-refractivity contribution in [2.24, 2.45) is 5.92 Å². The van der Waals surface area contributed by atoms with Crippen LogP contribution >= 0.6 is 0 Å². The molecule has 1 rings (SSSR count). The summed E-state index contributed by atoms with van der Waals surface area (Å²) in [5.41, 5.74) is -0.568. The van der Waals surface area contributed by atoms with Gasteiger partial charge in [0.25, 0.3) is 0 Å². The van der Waals surface area contributed by atoms with Crippen LogP contribution in [0.15, 0.2) is 0 Å². The third-order valence-electron chi connectivity index (χ3n) is 4.16. The number of ether oxygens (including phenoxy) is 1. The standard InChI is InChI=1S/C17H34N2O2/c1-7-19(12-13(3)4)14(5)11-17(6,16(20)21-8-2)18-15-9-10-15/h13-15,18H,7-12H2,1-6H3. The second-order valence-corrected chi connectivity index (χ2v) is 7.01. The van der Waals surface area contributed by atoms with Gasteiger partial charge in [0.2, 0.25) is 0 Å². The van der Waals surface area contributed by atoms with Crippen LogP contribution in [0, 0.1) is 5.92 Å². The number of carbonyl (C=O) groups is 1. The Kier molecular flexibility index (Phi) is 7.14. The molecule has 0 aromatic rings. The van der Waals surface area contributed by atoms with Gasteiger partial charge in [0.05, 0.1) is 6.61 Å². The van der Waals surface area contributed by atoms with E-state index in [-0.39, 0.29) is 5.97 Å². The molecule has 4 heteroatoms. The maximum Gasteiger partial charge on any atom is 0.326 e. The van der Waals surface area contributed by atoms with E-state index in [1.807, 2.05) is 13.8 Å². The molecular formula is C17H34N2O2. The van der Waals surface area contributed by atoms with Gasteiger partial charge in [0.1, 0.15) is 5.54 Å². The minimum Gasteiger partial charge on any atom is -0.465 e. The fourth-order valence-electron chi connectivity index (χ4n) is 2.98. The number of esters is 1. The predicted molar refractivity (Wildman–Crippen MR) is 87.4 cm³/mol. The van der Waals surface area contributed by atoms with E-state index in [0.717, 1.165) is 19.5 Å². The van der Waals surface area contributed by atoms with Crippen molar-refractivity contribution < 1.29 is 9.53 Å². The zero-order valence-electron chi connectivity index (χ0n) is 14.7. The van der Waals surface area contributed by atoms with Crippen molar-refractivity contribution in [3.05, 3.63) is 0 Å². The molecule has 0 aromatic heterocycles. The lowest BCUT2D eigenvalue weighted by Gasteiger charge is -2.36. The molecule has 1 saturated carbocycles. The third kappa shape index (κ3) is 5.95. The van der Waals surface area contributed by atoms with Crippen LogP contribution in [0.4, 0.5) is 0 Å². The van der Waals surface area contributed by atoms with Gasteiger partial charge in [0.15, 0.2) is 0 Å². The van der Waals surface area contributed by atoms with E-state index in [4.69, 9.17) is 4.74 Å². The van der Waals surface area contributed by atoms with Crippen LogP contribution in [0.3, 0.4) is 0 Å².